The third kappa shape index (κ3) is 9.39. The van der Waals surface area contributed by atoms with E-state index in [0.29, 0.717) is 30.8 Å². The number of aryl methyl sites for hydroxylation is 1. The lowest BCUT2D eigenvalue weighted by Crippen LogP contribution is -2.49. The second-order valence-electron chi connectivity index (χ2n) is 9.21. The average molecular weight is 532 g/mol. The highest BCUT2D eigenvalue weighted by molar-refractivity contribution is 7.92. The number of benzene rings is 2. The lowest BCUT2D eigenvalue weighted by molar-refractivity contribution is -0.141. The summed E-state index contributed by atoms with van der Waals surface area (Å²) in [5.74, 6) is 0.351. The van der Waals surface area contributed by atoms with Gasteiger partial charge in [0, 0.05) is 26.1 Å². The molecule has 0 aliphatic heterocycles. The van der Waals surface area contributed by atoms with Gasteiger partial charge in [0.15, 0.2) is 0 Å². The van der Waals surface area contributed by atoms with Gasteiger partial charge in [0.2, 0.25) is 21.8 Å². The number of sulfonamides is 1. The highest BCUT2D eigenvalue weighted by atomic mass is 32.2. The van der Waals surface area contributed by atoms with Crippen molar-refractivity contribution in [3.05, 3.63) is 59.7 Å². The molecule has 0 saturated carbocycles. The number of nitrogens with one attached hydrogen (secondary N) is 1. The van der Waals surface area contributed by atoms with E-state index in [0.717, 1.165) is 24.0 Å². The third-order valence-electron chi connectivity index (χ3n) is 6.20. The van der Waals surface area contributed by atoms with Crippen LogP contribution in [-0.4, -0.2) is 57.6 Å². The Bertz CT molecular complexity index is 1100. The normalized spacial score (nSPS) is 12.0. The maximum absolute atomic E-state index is 13.5. The van der Waals surface area contributed by atoms with E-state index in [9.17, 15) is 18.0 Å². The molecule has 0 bridgehead atoms. The molecule has 0 saturated heterocycles. The molecule has 9 heteroatoms. The minimum absolute atomic E-state index is 0.118. The van der Waals surface area contributed by atoms with Crippen molar-refractivity contribution in [2.45, 2.75) is 65.5 Å². The van der Waals surface area contributed by atoms with Crippen LogP contribution in [-0.2, 0) is 26.2 Å². The van der Waals surface area contributed by atoms with Crippen molar-refractivity contribution < 1.29 is 22.7 Å². The van der Waals surface area contributed by atoms with Crippen molar-refractivity contribution in [2.75, 3.05) is 30.8 Å². The molecule has 0 fully saturated rings. The van der Waals surface area contributed by atoms with Crippen LogP contribution >= 0.6 is 0 Å². The van der Waals surface area contributed by atoms with Crippen LogP contribution in [0.15, 0.2) is 48.5 Å². The first kappa shape index (κ1) is 30.2. The number of methoxy groups -OCH3 is 1. The van der Waals surface area contributed by atoms with E-state index in [1.165, 1.54) is 10.6 Å². The average Bonchev–Trinajstić information content (AvgIpc) is 2.87. The zero-order chi connectivity index (χ0) is 27.4. The van der Waals surface area contributed by atoms with Crippen LogP contribution in [0.5, 0.6) is 5.75 Å². The zero-order valence-electron chi connectivity index (χ0n) is 22.7. The molecular formula is C28H41N3O5S. The van der Waals surface area contributed by atoms with Crippen LogP contribution in [0.2, 0.25) is 0 Å². The predicted molar refractivity (Wildman–Crippen MR) is 148 cm³/mol. The van der Waals surface area contributed by atoms with Gasteiger partial charge < -0.3 is 15.0 Å². The fourth-order valence-electron chi connectivity index (χ4n) is 4.07. The number of hydrogen-bond acceptors (Lipinski definition) is 5. The molecule has 2 amide bonds. The summed E-state index contributed by atoms with van der Waals surface area (Å²) in [7, 11) is -1.93. The number of carbonyl (C=O) groups is 2. The molecule has 0 radical (unpaired) electrons. The summed E-state index contributed by atoms with van der Waals surface area (Å²) < 4.78 is 31.5. The van der Waals surface area contributed by atoms with Crippen LogP contribution in [0.25, 0.3) is 0 Å². The van der Waals surface area contributed by atoms with Crippen LogP contribution < -0.4 is 14.4 Å². The van der Waals surface area contributed by atoms with Gasteiger partial charge in [-0.1, -0.05) is 50.1 Å². The fourth-order valence-corrected chi connectivity index (χ4v) is 5.03. The molecule has 0 aliphatic carbocycles. The number of amides is 2. The SMILES string of the molecule is CCCCNC(=O)[C@H](CC)N(Cc1ccc(OC)cc1)C(=O)CCCN(c1ccc(C)cc1)S(C)(=O)=O. The van der Waals surface area contributed by atoms with Gasteiger partial charge in [0.05, 0.1) is 19.1 Å². The van der Waals surface area contributed by atoms with E-state index in [-0.39, 0.29) is 31.3 Å². The number of anilines is 1. The smallest absolute Gasteiger partial charge is 0.242 e. The first-order valence-electron chi connectivity index (χ1n) is 12.8. The van der Waals surface area contributed by atoms with E-state index in [2.05, 4.69) is 12.2 Å². The maximum Gasteiger partial charge on any atom is 0.242 e. The molecule has 2 aromatic carbocycles. The van der Waals surface area contributed by atoms with Gasteiger partial charge in [-0.2, -0.15) is 0 Å². The van der Waals surface area contributed by atoms with Crippen LogP contribution in [0, 0.1) is 6.92 Å². The molecule has 0 aliphatic rings. The lowest BCUT2D eigenvalue weighted by atomic mass is 10.1. The fraction of sp³-hybridized carbons (Fsp3) is 0.500. The van der Waals surface area contributed by atoms with Crippen molar-refractivity contribution in [3.8, 4) is 5.75 Å². The molecule has 2 rings (SSSR count). The third-order valence-corrected chi connectivity index (χ3v) is 7.40. The highest BCUT2D eigenvalue weighted by Crippen LogP contribution is 2.21. The Kier molecular flexibility index (Phi) is 11.9. The summed E-state index contributed by atoms with van der Waals surface area (Å²) in [5.41, 5.74) is 2.48. The van der Waals surface area contributed by atoms with Gasteiger partial charge in [-0.25, -0.2) is 8.42 Å². The highest BCUT2D eigenvalue weighted by Gasteiger charge is 2.28. The summed E-state index contributed by atoms with van der Waals surface area (Å²) in [6.45, 7) is 6.89. The molecule has 1 N–H and O–H groups in total. The summed E-state index contributed by atoms with van der Waals surface area (Å²) in [4.78, 5) is 28.1. The number of ether oxygens (including phenoxy) is 1. The van der Waals surface area contributed by atoms with Gasteiger partial charge >= 0.3 is 0 Å². The standard InChI is InChI=1S/C28H41N3O5S/c1-6-8-19-29-28(33)26(7-2)30(21-23-13-17-25(36-4)18-14-23)27(32)10-9-20-31(37(5,34)35)24-15-11-22(3)12-16-24/h11-18,26H,6-10,19-21H2,1-5H3,(H,29,33)/t26-/m0/s1. The molecule has 0 heterocycles. The van der Waals surface area contributed by atoms with Gasteiger partial charge in [-0.3, -0.25) is 13.9 Å². The minimum Gasteiger partial charge on any atom is -0.497 e. The Balaban J connectivity index is 2.19. The molecule has 204 valence electrons. The largest absolute Gasteiger partial charge is 0.497 e. The second kappa shape index (κ2) is 14.6. The Labute approximate surface area is 222 Å². The zero-order valence-corrected chi connectivity index (χ0v) is 23.5. The van der Waals surface area contributed by atoms with Crippen molar-refractivity contribution in [1.29, 1.82) is 0 Å². The Hall–Kier alpha value is -3.07. The lowest BCUT2D eigenvalue weighted by Gasteiger charge is -2.31. The van der Waals surface area contributed by atoms with E-state index in [1.807, 2.05) is 50.2 Å². The van der Waals surface area contributed by atoms with E-state index >= 15 is 0 Å². The van der Waals surface area contributed by atoms with E-state index < -0.39 is 16.1 Å². The molecule has 0 spiro atoms. The number of nitrogens with zero attached hydrogens (tertiary/aromatic N) is 2. The molecule has 8 nitrogen and oxygen atoms in total. The monoisotopic (exact) mass is 531 g/mol. The summed E-state index contributed by atoms with van der Waals surface area (Å²) >= 11 is 0. The Morgan fingerprint density at radius 2 is 1.65 bits per heavy atom. The van der Waals surface area contributed by atoms with Crippen molar-refractivity contribution in [2.24, 2.45) is 0 Å². The summed E-state index contributed by atoms with van der Waals surface area (Å²) in [6.07, 6.45) is 3.91. The maximum atomic E-state index is 13.5. The molecule has 2 aromatic rings. The number of hydrogen-bond donors (Lipinski definition) is 1. The Morgan fingerprint density at radius 1 is 1.00 bits per heavy atom. The van der Waals surface area contributed by atoms with Crippen molar-refractivity contribution in [3.63, 3.8) is 0 Å². The molecule has 0 unspecified atom stereocenters. The quantitative estimate of drug-likeness (QED) is 0.346. The summed E-state index contributed by atoms with van der Waals surface area (Å²) in [6, 6.07) is 14.0. The van der Waals surface area contributed by atoms with Gasteiger partial charge in [0.25, 0.3) is 0 Å². The van der Waals surface area contributed by atoms with E-state index in [1.54, 1.807) is 24.1 Å². The molecular weight excluding hydrogens is 490 g/mol. The van der Waals surface area contributed by atoms with Crippen molar-refractivity contribution in [1.82, 2.24) is 10.2 Å². The molecule has 37 heavy (non-hydrogen) atoms. The molecule has 1 atom stereocenters. The van der Waals surface area contributed by atoms with Crippen LogP contribution in [0.4, 0.5) is 5.69 Å². The summed E-state index contributed by atoms with van der Waals surface area (Å²) in [5, 5.41) is 2.95. The van der Waals surface area contributed by atoms with E-state index in [4.69, 9.17) is 4.74 Å². The topological polar surface area (TPSA) is 96.0 Å². The minimum atomic E-state index is -3.52. The van der Waals surface area contributed by atoms with Crippen LogP contribution in [0.3, 0.4) is 0 Å². The van der Waals surface area contributed by atoms with Gasteiger partial charge in [-0.15, -0.1) is 0 Å². The predicted octanol–water partition coefficient (Wildman–Crippen LogP) is 4.27. The Morgan fingerprint density at radius 3 is 2.19 bits per heavy atom. The van der Waals surface area contributed by atoms with Gasteiger partial charge in [-0.05, 0) is 56.0 Å². The van der Waals surface area contributed by atoms with Crippen LogP contribution in [0.1, 0.15) is 57.1 Å². The first-order chi connectivity index (χ1) is 17.6. The second-order valence-corrected chi connectivity index (χ2v) is 11.1. The van der Waals surface area contributed by atoms with Crippen molar-refractivity contribution >= 4 is 27.5 Å². The van der Waals surface area contributed by atoms with Gasteiger partial charge in [0.1, 0.15) is 11.8 Å². The number of rotatable bonds is 15. The number of carbonyl (C=O) groups excluding carboxylic acids is 2. The number of unbranched alkanes of at least 4 members (excludes halogenated alkanes) is 1. The first-order valence-corrected chi connectivity index (χ1v) is 14.7. The molecule has 0 aromatic heterocycles.